The van der Waals surface area contributed by atoms with Crippen molar-refractivity contribution in [3.8, 4) is 0 Å². The van der Waals surface area contributed by atoms with Gasteiger partial charge in [0.15, 0.2) is 0 Å². The summed E-state index contributed by atoms with van der Waals surface area (Å²) in [5.74, 6) is 0. The standard InChI is InChI=1S/C11H19N3O/c1-9-11(14-8-13-9)7-12-5-4-10-3-2-6-15-10/h8,10,12H,2-7H2,1H3,(H,13,14). The fourth-order valence-corrected chi connectivity index (χ4v) is 1.91. The first-order chi connectivity index (χ1) is 7.36. The van der Waals surface area contributed by atoms with Gasteiger partial charge >= 0.3 is 0 Å². The number of nitrogens with one attached hydrogen (secondary N) is 2. The Bertz CT molecular complexity index is 292. The van der Waals surface area contributed by atoms with Crippen LogP contribution < -0.4 is 5.32 Å². The topological polar surface area (TPSA) is 49.9 Å². The zero-order valence-corrected chi connectivity index (χ0v) is 9.25. The van der Waals surface area contributed by atoms with Gasteiger partial charge in [0.05, 0.1) is 18.1 Å². The first kappa shape index (κ1) is 10.6. The molecule has 0 aliphatic carbocycles. The predicted molar refractivity (Wildman–Crippen MR) is 58.6 cm³/mol. The number of H-pyrrole nitrogens is 1. The molecule has 1 unspecified atom stereocenters. The van der Waals surface area contributed by atoms with Crippen LogP contribution >= 0.6 is 0 Å². The molecule has 2 N–H and O–H groups in total. The van der Waals surface area contributed by atoms with Gasteiger partial charge in [0.2, 0.25) is 0 Å². The monoisotopic (exact) mass is 209 g/mol. The van der Waals surface area contributed by atoms with Crippen LogP contribution in [-0.4, -0.2) is 29.2 Å². The van der Waals surface area contributed by atoms with Crippen molar-refractivity contribution >= 4 is 0 Å². The van der Waals surface area contributed by atoms with Crippen LogP contribution in [0.25, 0.3) is 0 Å². The van der Waals surface area contributed by atoms with Crippen molar-refractivity contribution in [3.63, 3.8) is 0 Å². The number of aromatic amines is 1. The molecule has 0 saturated carbocycles. The van der Waals surface area contributed by atoms with Crippen LogP contribution in [0.1, 0.15) is 30.7 Å². The van der Waals surface area contributed by atoms with E-state index in [1.165, 1.54) is 12.8 Å². The highest BCUT2D eigenvalue weighted by atomic mass is 16.5. The molecule has 1 atom stereocenters. The normalized spacial score (nSPS) is 21.0. The van der Waals surface area contributed by atoms with Crippen LogP contribution in [0.4, 0.5) is 0 Å². The minimum atomic E-state index is 0.484. The lowest BCUT2D eigenvalue weighted by Gasteiger charge is -2.09. The Morgan fingerprint density at radius 1 is 1.67 bits per heavy atom. The maximum absolute atomic E-state index is 5.55. The Labute approximate surface area is 90.4 Å². The van der Waals surface area contributed by atoms with Crippen molar-refractivity contribution in [1.29, 1.82) is 0 Å². The number of hydrogen-bond acceptors (Lipinski definition) is 3. The third-order valence-corrected chi connectivity index (χ3v) is 2.89. The van der Waals surface area contributed by atoms with E-state index in [2.05, 4.69) is 15.3 Å². The molecule has 0 spiro atoms. The molecule has 0 aromatic carbocycles. The highest BCUT2D eigenvalue weighted by Gasteiger charge is 2.14. The summed E-state index contributed by atoms with van der Waals surface area (Å²) in [6, 6.07) is 0. The van der Waals surface area contributed by atoms with Crippen LogP contribution in [0, 0.1) is 6.92 Å². The van der Waals surface area contributed by atoms with Gasteiger partial charge in [-0.2, -0.15) is 0 Å². The van der Waals surface area contributed by atoms with Gasteiger partial charge in [-0.25, -0.2) is 4.98 Å². The Balaban J connectivity index is 1.60. The number of hydrogen-bond donors (Lipinski definition) is 2. The fourth-order valence-electron chi connectivity index (χ4n) is 1.91. The average molecular weight is 209 g/mol. The summed E-state index contributed by atoms with van der Waals surface area (Å²) in [4.78, 5) is 7.31. The van der Waals surface area contributed by atoms with E-state index in [9.17, 15) is 0 Å². The van der Waals surface area contributed by atoms with Crippen LogP contribution in [0.15, 0.2) is 6.33 Å². The van der Waals surface area contributed by atoms with Gasteiger partial charge in [0.1, 0.15) is 0 Å². The maximum atomic E-state index is 5.55. The van der Waals surface area contributed by atoms with Crippen LogP contribution in [-0.2, 0) is 11.3 Å². The second-order valence-corrected chi connectivity index (χ2v) is 4.07. The number of aryl methyl sites for hydroxylation is 1. The summed E-state index contributed by atoms with van der Waals surface area (Å²) in [6.45, 7) is 4.85. The number of ether oxygens (including phenoxy) is 1. The van der Waals surface area contributed by atoms with Crippen LogP contribution in [0.5, 0.6) is 0 Å². The van der Waals surface area contributed by atoms with Gasteiger partial charge in [-0.05, 0) is 32.7 Å². The average Bonchev–Trinajstić information content (AvgIpc) is 2.85. The van der Waals surface area contributed by atoms with Crippen LogP contribution in [0.2, 0.25) is 0 Å². The molecular weight excluding hydrogens is 190 g/mol. The van der Waals surface area contributed by atoms with Crippen LogP contribution in [0.3, 0.4) is 0 Å². The highest BCUT2D eigenvalue weighted by Crippen LogP contribution is 2.14. The Hall–Kier alpha value is -0.870. The van der Waals surface area contributed by atoms with Crippen molar-refractivity contribution in [2.45, 2.75) is 38.8 Å². The van der Waals surface area contributed by atoms with E-state index < -0.39 is 0 Å². The second kappa shape index (κ2) is 5.28. The van der Waals surface area contributed by atoms with E-state index >= 15 is 0 Å². The Morgan fingerprint density at radius 3 is 3.27 bits per heavy atom. The molecule has 0 radical (unpaired) electrons. The summed E-state index contributed by atoms with van der Waals surface area (Å²) >= 11 is 0. The van der Waals surface area contributed by atoms with Crippen molar-refractivity contribution in [2.75, 3.05) is 13.2 Å². The van der Waals surface area contributed by atoms with Gasteiger partial charge < -0.3 is 15.0 Å². The molecule has 1 aromatic heterocycles. The van der Waals surface area contributed by atoms with Gasteiger partial charge in [-0.15, -0.1) is 0 Å². The van der Waals surface area contributed by atoms with E-state index in [0.717, 1.165) is 37.5 Å². The lowest BCUT2D eigenvalue weighted by Crippen LogP contribution is -2.20. The van der Waals surface area contributed by atoms with E-state index in [0.29, 0.717) is 6.10 Å². The van der Waals surface area contributed by atoms with Gasteiger partial charge in [-0.1, -0.05) is 0 Å². The molecule has 1 aliphatic rings. The molecule has 1 aromatic rings. The molecule has 0 amide bonds. The van der Waals surface area contributed by atoms with Crippen molar-refractivity contribution in [1.82, 2.24) is 15.3 Å². The first-order valence-electron chi connectivity index (χ1n) is 5.67. The largest absolute Gasteiger partial charge is 0.378 e. The summed E-state index contributed by atoms with van der Waals surface area (Å²) in [5.41, 5.74) is 2.27. The Morgan fingerprint density at radius 2 is 2.60 bits per heavy atom. The van der Waals surface area contributed by atoms with E-state index in [4.69, 9.17) is 4.74 Å². The van der Waals surface area contributed by atoms with Crippen molar-refractivity contribution in [3.05, 3.63) is 17.7 Å². The number of aromatic nitrogens is 2. The first-order valence-corrected chi connectivity index (χ1v) is 5.67. The lowest BCUT2D eigenvalue weighted by atomic mass is 10.2. The third-order valence-electron chi connectivity index (χ3n) is 2.89. The quantitative estimate of drug-likeness (QED) is 0.720. The van der Waals surface area contributed by atoms with Crippen molar-refractivity contribution < 1.29 is 4.74 Å². The van der Waals surface area contributed by atoms with E-state index in [1.54, 1.807) is 6.33 Å². The Kier molecular flexibility index (Phi) is 3.75. The SMILES string of the molecule is Cc1[nH]cnc1CNCCC1CCCO1. The summed E-state index contributed by atoms with van der Waals surface area (Å²) in [6.07, 6.45) is 5.79. The zero-order chi connectivity index (χ0) is 10.5. The van der Waals surface area contributed by atoms with Gasteiger partial charge in [-0.3, -0.25) is 0 Å². The molecule has 4 nitrogen and oxygen atoms in total. The maximum Gasteiger partial charge on any atom is 0.0925 e. The number of imidazole rings is 1. The molecule has 1 saturated heterocycles. The lowest BCUT2D eigenvalue weighted by molar-refractivity contribution is 0.104. The summed E-state index contributed by atoms with van der Waals surface area (Å²) in [5, 5.41) is 3.39. The number of rotatable bonds is 5. The molecule has 84 valence electrons. The molecule has 0 bridgehead atoms. The fraction of sp³-hybridized carbons (Fsp3) is 0.727. The number of nitrogens with zero attached hydrogens (tertiary/aromatic N) is 1. The zero-order valence-electron chi connectivity index (χ0n) is 9.25. The third kappa shape index (κ3) is 3.04. The molecule has 1 aliphatic heterocycles. The second-order valence-electron chi connectivity index (χ2n) is 4.07. The summed E-state index contributed by atoms with van der Waals surface area (Å²) in [7, 11) is 0. The molecule has 2 rings (SSSR count). The molecule has 2 heterocycles. The minimum absolute atomic E-state index is 0.484. The van der Waals surface area contributed by atoms with Gasteiger partial charge in [0.25, 0.3) is 0 Å². The minimum Gasteiger partial charge on any atom is -0.378 e. The predicted octanol–water partition coefficient (Wildman–Crippen LogP) is 1.38. The highest BCUT2D eigenvalue weighted by molar-refractivity contribution is 5.07. The molecule has 15 heavy (non-hydrogen) atoms. The molecular formula is C11H19N3O. The van der Waals surface area contributed by atoms with Gasteiger partial charge in [0, 0.05) is 18.8 Å². The smallest absolute Gasteiger partial charge is 0.0925 e. The molecule has 1 fully saturated rings. The summed E-state index contributed by atoms with van der Waals surface area (Å²) < 4.78 is 5.55. The van der Waals surface area contributed by atoms with Crippen molar-refractivity contribution in [2.24, 2.45) is 0 Å². The molecule has 4 heteroatoms. The van der Waals surface area contributed by atoms with E-state index in [-0.39, 0.29) is 0 Å². The van der Waals surface area contributed by atoms with E-state index in [1.807, 2.05) is 6.92 Å².